The molecule has 0 amide bonds. The molecule has 6 heteroatoms. The number of carboxylic acids is 1. The molecule has 126 valence electrons. The Morgan fingerprint density at radius 1 is 0.958 bits per heavy atom. The first-order chi connectivity index (χ1) is 11.5. The Morgan fingerprint density at radius 3 is 2.00 bits per heavy atom. The van der Waals surface area contributed by atoms with Crippen LogP contribution in [0.1, 0.15) is 35.7 Å². The minimum absolute atomic E-state index is 0.0901. The van der Waals surface area contributed by atoms with Gasteiger partial charge in [0, 0.05) is 5.56 Å². The summed E-state index contributed by atoms with van der Waals surface area (Å²) in [5.41, 5.74) is 0.130. The molecule has 0 aromatic heterocycles. The van der Waals surface area contributed by atoms with Crippen molar-refractivity contribution in [3.63, 3.8) is 0 Å². The number of hydrogen-bond donors (Lipinski definition) is 0. The number of rotatable bonds is 6. The molecule has 0 aliphatic heterocycles. The smallest absolute Gasteiger partial charge is 0.324 e. The molecule has 2 aromatic carbocycles. The van der Waals surface area contributed by atoms with E-state index in [-0.39, 0.29) is 29.7 Å². The van der Waals surface area contributed by atoms with Gasteiger partial charge in [-0.15, -0.1) is 0 Å². The Balaban J connectivity index is 2.71. The molecule has 0 aliphatic rings. The maximum absolute atomic E-state index is 12.3. The monoisotopic (exact) mass is 329 g/mol. The SMILES string of the molecule is CCOC(=O)C(C(=O)OCC)c1cccc2cccc(C(=O)[O-])c12. The summed E-state index contributed by atoms with van der Waals surface area (Å²) in [6, 6.07) is 9.49. The van der Waals surface area contributed by atoms with E-state index in [4.69, 9.17) is 9.47 Å². The number of ether oxygens (including phenoxy) is 2. The molecule has 0 saturated heterocycles. The average Bonchev–Trinajstić information content (AvgIpc) is 2.55. The zero-order valence-corrected chi connectivity index (χ0v) is 13.4. The second kappa shape index (κ2) is 7.59. The molecule has 0 fully saturated rings. The number of hydrogen-bond acceptors (Lipinski definition) is 6. The first-order valence-electron chi connectivity index (χ1n) is 7.57. The van der Waals surface area contributed by atoms with Gasteiger partial charge < -0.3 is 19.4 Å². The summed E-state index contributed by atoms with van der Waals surface area (Å²) < 4.78 is 9.94. The van der Waals surface area contributed by atoms with Crippen molar-refractivity contribution in [2.24, 2.45) is 0 Å². The lowest BCUT2D eigenvalue weighted by Gasteiger charge is -2.18. The molecular formula is C18H17O6-. The highest BCUT2D eigenvalue weighted by molar-refractivity contribution is 6.10. The van der Waals surface area contributed by atoms with E-state index < -0.39 is 23.8 Å². The summed E-state index contributed by atoms with van der Waals surface area (Å²) in [6.07, 6.45) is 0. The molecule has 0 unspecified atom stereocenters. The van der Waals surface area contributed by atoms with E-state index >= 15 is 0 Å². The van der Waals surface area contributed by atoms with Crippen LogP contribution in [0.5, 0.6) is 0 Å². The lowest BCUT2D eigenvalue weighted by molar-refractivity contribution is -0.254. The van der Waals surface area contributed by atoms with Crippen molar-refractivity contribution >= 4 is 28.7 Å². The van der Waals surface area contributed by atoms with Gasteiger partial charge in [0.05, 0.1) is 19.2 Å². The van der Waals surface area contributed by atoms with Gasteiger partial charge in [0.2, 0.25) is 0 Å². The summed E-state index contributed by atoms with van der Waals surface area (Å²) >= 11 is 0. The Labute approximate surface area is 139 Å². The van der Waals surface area contributed by atoms with Gasteiger partial charge in [0.25, 0.3) is 0 Å². The number of aromatic carboxylic acids is 1. The Hall–Kier alpha value is -2.89. The van der Waals surface area contributed by atoms with Crippen LogP contribution >= 0.6 is 0 Å². The van der Waals surface area contributed by atoms with Gasteiger partial charge in [-0.05, 0) is 30.2 Å². The molecule has 24 heavy (non-hydrogen) atoms. The van der Waals surface area contributed by atoms with E-state index in [0.717, 1.165) is 0 Å². The van der Waals surface area contributed by atoms with Crippen molar-refractivity contribution in [2.75, 3.05) is 13.2 Å². The van der Waals surface area contributed by atoms with E-state index in [1.165, 1.54) is 12.1 Å². The molecule has 0 atom stereocenters. The van der Waals surface area contributed by atoms with Crippen molar-refractivity contribution in [3.8, 4) is 0 Å². The summed E-state index contributed by atoms with van der Waals surface area (Å²) in [6.45, 7) is 3.42. The maximum atomic E-state index is 12.3. The van der Waals surface area contributed by atoms with Crippen LogP contribution in [0.15, 0.2) is 36.4 Å². The van der Waals surface area contributed by atoms with Crippen LogP contribution in [-0.2, 0) is 19.1 Å². The van der Waals surface area contributed by atoms with Gasteiger partial charge >= 0.3 is 11.9 Å². The molecule has 0 N–H and O–H groups in total. The molecule has 0 aliphatic carbocycles. The fourth-order valence-corrected chi connectivity index (χ4v) is 2.58. The quantitative estimate of drug-likeness (QED) is 0.588. The molecule has 2 aromatic rings. The van der Waals surface area contributed by atoms with E-state index in [2.05, 4.69) is 0 Å². The van der Waals surface area contributed by atoms with E-state index in [0.29, 0.717) is 5.39 Å². The number of carboxylic acid groups (broad SMARTS) is 1. The van der Waals surface area contributed by atoms with Crippen LogP contribution in [0.2, 0.25) is 0 Å². The highest BCUT2D eigenvalue weighted by Gasteiger charge is 2.33. The van der Waals surface area contributed by atoms with Crippen LogP contribution in [0.3, 0.4) is 0 Å². The first kappa shape index (κ1) is 17.5. The van der Waals surface area contributed by atoms with Crippen LogP contribution in [0, 0.1) is 0 Å². The Morgan fingerprint density at radius 2 is 1.50 bits per heavy atom. The number of benzene rings is 2. The van der Waals surface area contributed by atoms with Crippen molar-refractivity contribution in [1.82, 2.24) is 0 Å². The Bertz CT molecular complexity index is 757. The number of carbonyl (C=O) groups is 3. The third-order valence-corrected chi connectivity index (χ3v) is 3.51. The largest absolute Gasteiger partial charge is 0.545 e. The lowest BCUT2D eigenvalue weighted by atomic mass is 9.90. The lowest BCUT2D eigenvalue weighted by Crippen LogP contribution is -2.28. The van der Waals surface area contributed by atoms with Crippen molar-refractivity contribution in [3.05, 3.63) is 47.5 Å². The highest BCUT2D eigenvalue weighted by atomic mass is 16.6. The topological polar surface area (TPSA) is 92.7 Å². The number of carbonyl (C=O) groups excluding carboxylic acids is 3. The fraction of sp³-hybridized carbons (Fsp3) is 0.278. The number of fused-ring (bicyclic) bond motifs is 1. The predicted octanol–water partition coefficient (Wildman–Crippen LogP) is 1.41. The van der Waals surface area contributed by atoms with E-state index in [1.807, 2.05) is 0 Å². The second-order valence-electron chi connectivity index (χ2n) is 4.98. The van der Waals surface area contributed by atoms with Gasteiger partial charge in [-0.25, -0.2) is 0 Å². The summed E-state index contributed by atoms with van der Waals surface area (Å²) in [5.74, 6) is -4.30. The van der Waals surface area contributed by atoms with Gasteiger partial charge in [0.1, 0.15) is 0 Å². The van der Waals surface area contributed by atoms with Gasteiger partial charge in [0.15, 0.2) is 5.92 Å². The minimum atomic E-state index is -1.39. The molecule has 0 spiro atoms. The van der Waals surface area contributed by atoms with Gasteiger partial charge in [-0.2, -0.15) is 0 Å². The molecule has 2 rings (SSSR count). The summed E-state index contributed by atoms with van der Waals surface area (Å²) in [5, 5.41) is 12.3. The summed E-state index contributed by atoms with van der Waals surface area (Å²) in [4.78, 5) is 36.0. The van der Waals surface area contributed by atoms with Crippen molar-refractivity contribution in [2.45, 2.75) is 19.8 Å². The molecule has 0 bridgehead atoms. The maximum Gasteiger partial charge on any atom is 0.324 e. The van der Waals surface area contributed by atoms with Crippen LogP contribution in [0.25, 0.3) is 10.8 Å². The van der Waals surface area contributed by atoms with E-state index in [9.17, 15) is 19.5 Å². The highest BCUT2D eigenvalue weighted by Crippen LogP contribution is 2.30. The van der Waals surface area contributed by atoms with Gasteiger partial charge in [-0.3, -0.25) is 9.59 Å². The molecular weight excluding hydrogens is 312 g/mol. The standard InChI is InChI=1S/C18H18O6/c1-3-23-17(21)15(18(22)24-4-2)12-9-5-7-11-8-6-10-13(14(11)12)16(19)20/h5-10,15H,3-4H2,1-2H3,(H,19,20)/p-1. The van der Waals surface area contributed by atoms with Crippen LogP contribution in [-0.4, -0.2) is 31.1 Å². The molecule has 0 heterocycles. The summed E-state index contributed by atoms with van der Waals surface area (Å²) in [7, 11) is 0. The van der Waals surface area contributed by atoms with Crippen molar-refractivity contribution < 1.29 is 29.0 Å². The van der Waals surface area contributed by atoms with Crippen molar-refractivity contribution in [1.29, 1.82) is 0 Å². The van der Waals surface area contributed by atoms with E-state index in [1.54, 1.807) is 38.1 Å². The zero-order valence-electron chi connectivity index (χ0n) is 13.4. The fourth-order valence-electron chi connectivity index (χ4n) is 2.58. The van der Waals surface area contributed by atoms with Gasteiger partial charge in [-0.1, -0.05) is 36.4 Å². The minimum Gasteiger partial charge on any atom is -0.545 e. The molecule has 6 nitrogen and oxygen atoms in total. The number of esters is 2. The molecule has 0 saturated carbocycles. The van der Waals surface area contributed by atoms with Crippen LogP contribution in [0.4, 0.5) is 0 Å². The normalized spacial score (nSPS) is 10.6. The second-order valence-corrected chi connectivity index (χ2v) is 4.98. The third kappa shape index (κ3) is 3.37. The average molecular weight is 329 g/mol. The molecule has 0 radical (unpaired) electrons. The third-order valence-electron chi connectivity index (χ3n) is 3.51. The predicted molar refractivity (Wildman–Crippen MR) is 84.3 cm³/mol. The first-order valence-corrected chi connectivity index (χ1v) is 7.57. The zero-order chi connectivity index (χ0) is 17.7. The Kier molecular flexibility index (Phi) is 5.52. The van der Waals surface area contributed by atoms with Crippen LogP contribution < -0.4 is 5.11 Å².